The summed E-state index contributed by atoms with van der Waals surface area (Å²) < 4.78 is 0. The Morgan fingerprint density at radius 2 is 0.667 bits per heavy atom. The summed E-state index contributed by atoms with van der Waals surface area (Å²) in [5.74, 6) is 0. The van der Waals surface area contributed by atoms with Crippen LogP contribution in [0.5, 0.6) is 0 Å². The first-order valence-electron chi connectivity index (χ1n) is 0. The van der Waals surface area contributed by atoms with Crippen LogP contribution in [0.25, 0.3) is 0 Å². The summed E-state index contributed by atoms with van der Waals surface area (Å²) in [6, 6.07) is 0. The van der Waals surface area contributed by atoms with Gasteiger partial charge in [-0.25, -0.2) is 0 Å². The molecular weight excluding hydrogens is 141 g/mol. The molecule has 0 saturated carbocycles. The van der Waals surface area contributed by atoms with E-state index in [-0.39, 0.29) is 112 Å². The molecule has 0 aliphatic rings. The van der Waals surface area contributed by atoms with Crippen molar-refractivity contribution in [2.24, 2.45) is 0 Å². The van der Waals surface area contributed by atoms with E-state index in [9.17, 15) is 0 Å². The fraction of sp³-hybridized carbons (Fsp3) is 0. The minimum absolute atomic E-state index is 0. The molecule has 0 aliphatic heterocycles. The van der Waals surface area contributed by atoms with Gasteiger partial charge in [0.05, 0.1) is 0 Å². The molecule has 0 fully saturated rings. The Bertz CT molecular complexity index is 10.8. The zero-order chi connectivity index (χ0) is 0. The molecule has 32 valence electrons. The summed E-state index contributed by atoms with van der Waals surface area (Å²) in [6.07, 6.45) is 0. The van der Waals surface area contributed by atoms with Gasteiger partial charge in [-0.1, -0.05) is 0 Å². The van der Waals surface area contributed by atoms with Crippen LogP contribution >= 0.6 is 0 Å². The molecule has 0 aromatic carbocycles. The van der Waals surface area contributed by atoms with E-state index < -0.39 is 0 Å². The molecule has 0 rings (SSSR count). The molecule has 0 bridgehead atoms. The molecular formula is H6CaKNO3. The van der Waals surface area contributed by atoms with Crippen molar-refractivity contribution in [2.75, 3.05) is 0 Å². The van der Waals surface area contributed by atoms with Gasteiger partial charge in [0.15, 0.2) is 0 Å². The van der Waals surface area contributed by atoms with Gasteiger partial charge in [-0.3, -0.25) is 0 Å². The van der Waals surface area contributed by atoms with Gasteiger partial charge in [-0.2, -0.15) is 0 Å². The largest absolute Gasteiger partial charge is 2.00 e. The Balaban J connectivity index is 0. The summed E-state index contributed by atoms with van der Waals surface area (Å²) in [5, 5.41) is 0. The predicted molar refractivity (Wildman–Crippen MR) is 16.6 cm³/mol. The fourth-order valence-corrected chi connectivity index (χ4v) is 0. The van der Waals surface area contributed by atoms with Gasteiger partial charge in [-0.05, 0) is 0 Å². The maximum Gasteiger partial charge on any atom is 2.00 e. The molecule has 0 aromatic heterocycles. The SMILES string of the molecule is N.[Ca+2].[K+].[OH-].[OH-].[OH-]. The molecule has 0 amide bonds. The quantitative estimate of drug-likeness (QED) is 0.353. The van der Waals surface area contributed by atoms with Crippen molar-refractivity contribution in [1.82, 2.24) is 6.15 Å². The summed E-state index contributed by atoms with van der Waals surface area (Å²) in [4.78, 5) is 0. The Labute approximate surface area is 109 Å². The Kier molecular flexibility index (Phi) is 546. The Hall–Kier alpha value is 2.74. The van der Waals surface area contributed by atoms with Crippen LogP contribution in [0.2, 0.25) is 0 Å². The maximum absolute atomic E-state index is 0. The van der Waals surface area contributed by atoms with Crippen LogP contribution in [0.4, 0.5) is 0 Å². The summed E-state index contributed by atoms with van der Waals surface area (Å²) >= 11 is 0. The first-order chi connectivity index (χ1) is 0. The minimum Gasteiger partial charge on any atom is -0.870 e. The van der Waals surface area contributed by atoms with Crippen molar-refractivity contribution in [3.05, 3.63) is 0 Å². The second kappa shape index (κ2) is 46.9. The van der Waals surface area contributed by atoms with Crippen LogP contribution in [0, 0.1) is 0 Å². The second-order valence-electron chi connectivity index (χ2n) is 0. The van der Waals surface area contributed by atoms with Crippen molar-refractivity contribution >= 4 is 37.7 Å². The third kappa shape index (κ3) is 29.6. The smallest absolute Gasteiger partial charge is 0.870 e. The van der Waals surface area contributed by atoms with E-state index >= 15 is 0 Å². The molecule has 0 aliphatic carbocycles. The molecule has 0 saturated heterocycles. The first kappa shape index (κ1) is 69.8. The van der Waals surface area contributed by atoms with Crippen molar-refractivity contribution in [2.45, 2.75) is 0 Å². The fourth-order valence-electron chi connectivity index (χ4n) is 0. The Morgan fingerprint density at radius 1 is 0.667 bits per heavy atom. The van der Waals surface area contributed by atoms with E-state index in [1.165, 1.54) is 0 Å². The maximum atomic E-state index is 0. The van der Waals surface area contributed by atoms with Gasteiger partial charge in [0, 0.05) is 0 Å². The van der Waals surface area contributed by atoms with Crippen LogP contribution < -0.4 is 57.5 Å². The second-order valence-corrected chi connectivity index (χ2v) is 0. The van der Waals surface area contributed by atoms with Crippen molar-refractivity contribution in [1.29, 1.82) is 0 Å². The van der Waals surface area contributed by atoms with E-state index in [1.54, 1.807) is 0 Å². The molecule has 0 spiro atoms. The summed E-state index contributed by atoms with van der Waals surface area (Å²) in [5.41, 5.74) is 0. The standard InChI is InChI=1S/Ca.K.H3N.3H2O/h;;1H3;3*1H2/q+2;+1;;;;/p-3. The zero-order valence-corrected chi connectivity index (χ0v) is 9.09. The van der Waals surface area contributed by atoms with Crippen LogP contribution in [0.1, 0.15) is 0 Å². The van der Waals surface area contributed by atoms with Gasteiger partial charge in [-0.15, -0.1) is 0 Å². The van der Waals surface area contributed by atoms with Crippen LogP contribution in [-0.4, -0.2) is 54.2 Å². The molecule has 0 radical (unpaired) electrons. The third-order valence-electron chi connectivity index (χ3n) is 0. The average Bonchev–Trinajstić information content (AvgIpc) is 0. The van der Waals surface area contributed by atoms with Crippen molar-refractivity contribution < 1.29 is 67.8 Å². The molecule has 6 heavy (non-hydrogen) atoms. The van der Waals surface area contributed by atoms with Gasteiger partial charge in [0.1, 0.15) is 0 Å². The molecule has 0 aromatic rings. The number of hydrogen-bond acceptors (Lipinski definition) is 4. The van der Waals surface area contributed by atoms with E-state index in [1.807, 2.05) is 0 Å². The van der Waals surface area contributed by atoms with Crippen molar-refractivity contribution in [3.8, 4) is 0 Å². The number of rotatable bonds is 0. The van der Waals surface area contributed by atoms with Gasteiger partial charge >= 0.3 is 89.1 Å². The molecule has 6 N–H and O–H groups in total. The molecule has 0 atom stereocenters. The summed E-state index contributed by atoms with van der Waals surface area (Å²) in [7, 11) is 0. The van der Waals surface area contributed by atoms with E-state index in [4.69, 9.17) is 0 Å². The van der Waals surface area contributed by atoms with Crippen LogP contribution in [-0.2, 0) is 0 Å². The summed E-state index contributed by atoms with van der Waals surface area (Å²) in [6.45, 7) is 0. The van der Waals surface area contributed by atoms with E-state index in [0.717, 1.165) is 0 Å². The van der Waals surface area contributed by atoms with E-state index in [0.29, 0.717) is 0 Å². The van der Waals surface area contributed by atoms with Crippen LogP contribution in [0.3, 0.4) is 0 Å². The van der Waals surface area contributed by atoms with Gasteiger partial charge < -0.3 is 22.6 Å². The normalized spacial score (nSPS) is 0. The third-order valence-corrected chi connectivity index (χ3v) is 0. The van der Waals surface area contributed by atoms with Gasteiger partial charge in [0.25, 0.3) is 0 Å². The molecule has 6 heteroatoms. The Morgan fingerprint density at radius 3 is 0.667 bits per heavy atom. The van der Waals surface area contributed by atoms with E-state index in [2.05, 4.69) is 0 Å². The monoisotopic (exact) mass is 147 g/mol. The van der Waals surface area contributed by atoms with Crippen molar-refractivity contribution in [3.63, 3.8) is 0 Å². The number of hydrogen-bond donors (Lipinski definition) is 1. The molecule has 4 nitrogen and oxygen atoms in total. The average molecular weight is 147 g/mol. The topological polar surface area (TPSA) is 125 Å². The predicted octanol–water partition coefficient (Wildman–Crippen LogP) is -3.75. The molecule has 0 unspecified atom stereocenters. The first-order valence-corrected chi connectivity index (χ1v) is 0. The minimum atomic E-state index is 0. The van der Waals surface area contributed by atoms with Crippen LogP contribution in [0.15, 0.2) is 0 Å². The zero-order valence-electron chi connectivity index (χ0n) is 3.76. The molecule has 0 heterocycles. The van der Waals surface area contributed by atoms with Gasteiger partial charge in [0.2, 0.25) is 0 Å².